The molecule has 6 aliphatic rings. The molecule has 0 spiro atoms. The number of hydrogen-bond acceptors (Lipinski definition) is 22. The number of carbonyl (C=O) groups is 7. The Labute approximate surface area is 456 Å². The SMILES string of the molecule is CC(C)(C)OC(=O)N1C[C@@H]2C=C(OS(=O)(=O)C(F)(F)F)CCO[C@H]2[C@H]1C(=O)CO.CC(C)(C)OC(=O)N1C[C@@H]2CC(=O)CCO[C@H]2[C@H]1C(=O)CO.CC(C)(C)OC(=O)N1C[C@@H]2CC(OS(=O)(=O)C(F)(F)F)=CCO[C@H]2[C@H]1C(=O)CO. The van der Waals surface area contributed by atoms with Crippen LogP contribution in [-0.4, -0.2) is 212 Å². The second kappa shape index (κ2) is 25.9. The molecule has 0 saturated carbocycles. The van der Waals surface area contributed by atoms with Gasteiger partial charge in [-0.05, 0) is 74.5 Å². The molecule has 0 radical (unpaired) electrons. The van der Waals surface area contributed by atoms with Crippen molar-refractivity contribution >= 4 is 61.6 Å². The third-order valence-corrected chi connectivity index (χ3v) is 14.2. The van der Waals surface area contributed by atoms with E-state index in [0.29, 0.717) is 6.42 Å². The van der Waals surface area contributed by atoms with Gasteiger partial charge < -0.3 is 52.1 Å². The fourth-order valence-corrected chi connectivity index (χ4v) is 10.2. The number of halogens is 6. The summed E-state index contributed by atoms with van der Waals surface area (Å²) in [5, 5.41) is 27.7. The minimum atomic E-state index is -5.87. The second-order valence-electron chi connectivity index (χ2n) is 22.0. The van der Waals surface area contributed by atoms with Gasteiger partial charge in [-0.3, -0.25) is 33.9 Å². The molecule has 80 heavy (non-hydrogen) atoms. The Hall–Kier alpha value is -5.19. The van der Waals surface area contributed by atoms with E-state index in [0.717, 1.165) is 22.0 Å². The van der Waals surface area contributed by atoms with Crippen LogP contribution in [0.5, 0.6) is 0 Å². The van der Waals surface area contributed by atoms with Gasteiger partial charge in [0.25, 0.3) is 0 Å². The van der Waals surface area contributed by atoms with Crippen molar-refractivity contribution in [3.63, 3.8) is 0 Å². The number of amides is 3. The molecule has 4 saturated heterocycles. The molecule has 0 aromatic rings. The Morgan fingerprint density at radius 3 is 1.32 bits per heavy atom. The van der Waals surface area contributed by atoms with Gasteiger partial charge in [0.1, 0.15) is 72.1 Å². The van der Waals surface area contributed by atoms with Gasteiger partial charge in [-0.1, -0.05) is 0 Å². The summed E-state index contributed by atoms with van der Waals surface area (Å²) < 4.78 is 161. The van der Waals surface area contributed by atoms with Crippen molar-refractivity contribution in [2.24, 2.45) is 17.8 Å². The van der Waals surface area contributed by atoms with E-state index in [2.05, 4.69) is 8.37 Å². The van der Waals surface area contributed by atoms with E-state index in [1.807, 2.05) is 0 Å². The van der Waals surface area contributed by atoms with Crippen molar-refractivity contribution in [1.82, 2.24) is 14.7 Å². The normalized spacial score (nSPS) is 26.6. The first-order valence-corrected chi connectivity index (χ1v) is 27.5. The summed E-state index contributed by atoms with van der Waals surface area (Å²) in [6, 6.07) is -3.36. The zero-order valence-corrected chi connectivity index (χ0v) is 46.7. The Bertz CT molecular complexity index is 2590. The molecule has 4 fully saturated rings. The fourth-order valence-electron chi connectivity index (χ4n) is 9.15. The molecule has 456 valence electrons. The number of ether oxygens (including phenoxy) is 6. The van der Waals surface area contributed by atoms with Gasteiger partial charge >= 0.3 is 49.5 Å². The summed E-state index contributed by atoms with van der Waals surface area (Å²) in [7, 11) is -11.7. The molecule has 25 nitrogen and oxygen atoms in total. The third kappa shape index (κ3) is 17.7. The second-order valence-corrected chi connectivity index (χ2v) is 25.1. The topological polar surface area (TPSA) is 332 Å². The molecule has 0 aliphatic carbocycles. The molecule has 3 N–H and O–H groups in total. The lowest BCUT2D eigenvalue weighted by Gasteiger charge is -2.29. The van der Waals surface area contributed by atoms with Gasteiger partial charge in [0.05, 0.1) is 38.1 Å². The lowest BCUT2D eigenvalue weighted by atomic mass is 9.95. The smallest absolute Gasteiger partial charge is 0.444 e. The van der Waals surface area contributed by atoms with Gasteiger partial charge in [-0.2, -0.15) is 43.2 Å². The molecule has 6 heterocycles. The minimum Gasteiger partial charge on any atom is -0.444 e. The number of hydrogen-bond donors (Lipinski definition) is 3. The van der Waals surface area contributed by atoms with Gasteiger partial charge in [-0.25, -0.2) is 14.4 Å². The first-order valence-electron chi connectivity index (χ1n) is 24.7. The van der Waals surface area contributed by atoms with Crippen LogP contribution in [0.15, 0.2) is 23.7 Å². The average molecular weight is 1200 g/mol. The van der Waals surface area contributed by atoms with Crippen molar-refractivity contribution in [2.75, 3.05) is 59.3 Å². The van der Waals surface area contributed by atoms with Crippen LogP contribution >= 0.6 is 0 Å². The summed E-state index contributed by atoms with van der Waals surface area (Å²) in [5.41, 5.74) is -13.7. The number of rotatable bonds is 10. The number of nitrogens with zero attached hydrogens (tertiary/aromatic N) is 3. The van der Waals surface area contributed by atoms with Gasteiger partial charge in [0.2, 0.25) is 0 Å². The maximum Gasteiger partial charge on any atom is 0.534 e. The molecule has 0 unspecified atom stereocenters. The van der Waals surface area contributed by atoms with E-state index in [1.165, 1.54) is 4.90 Å². The van der Waals surface area contributed by atoms with Crippen molar-refractivity contribution in [3.05, 3.63) is 23.7 Å². The number of likely N-dealkylation sites (tertiary alicyclic amines) is 3. The van der Waals surface area contributed by atoms with Gasteiger partial charge in [0.15, 0.2) is 17.3 Å². The predicted molar refractivity (Wildman–Crippen MR) is 258 cm³/mol. The largest absolute Gasteiger partial charge is 0.534 e. The minimum absolute atomic E-state index is 0.0636. The number of Topliss-reactive ketones (excluding diaryl/α,β-unsaturated/α-hetero) is 4. The van der Waals surface area contributed by atoms with Crippen molar-refractivity contribution in [1.29, 1.82) is 0 Å². The van der Waals surface area contributed by atoms with Crippen molar-refractivity contribution < 1.29 is 129 Å². The molecule has 9 atom stereocenters. The van der Waals surface area contributed by atoms with E-state index in [1.54, 1.807) is 62.3 Å². The fraction of sp³-hybridized carbons (Fsp3) is 0.766. The van der Waals surface area contributed by atoms with E-state index in [9.17, 15) is 92.1 Å². The van der Waals surface area contributed by atoms with Crippen molar-refractivity contribution in [3.8, 4) is 0 Å². The quantitative estimate of drug-likeness (QED) is 0.122. The Kier molecular flexibility index (Phi) is 21.8. The van der Waals surface area contributed by atoms with Crippen LogP contribution in [0.1, 0.15) is 88.0 Å². The third-order valence-electron chi connectivity index (χ3n) is 12.2. The molecule has 33 heteroatoms. The maximum absolute atomic E-state index is 12.6. The van der Waals surface area contributed by atoms with Crippen molar-refractivity contribution in [2.45, 2.75) is 152 Å². The van der Waals surface area contributed by atoms with Crippen LogP contribution in [-0.2, 0) is 76.2 Å². The van der Waals surface area contributed by atoms with E-state index >= 15 is 0 Å². The summed E-state index contributed by atoms with van der Waals surface area (Å²) in [5.74, 6) is -4.75. The molecule has 6 rings (SSSR count). The first-order chi connectivity index (χ1) is 36.5. The highest BCUT2D eigenvalue weighted by Gasteiger charge is 2.55. The lowest BCUT2D eigenvalue weighted by molar-refractivity contribution is -0.130. The highest BCUT2D eigenvalue weighted by Crippen LogP contribution is 2.39. The number of alkyl halides is 6. The van der Waals surface area contributed by atoms with Crippen LogP contribution < -0.4 is 0 Å². The Morgan fingerprint density at radius 2 is 0.912 bits per heavy atom. The zero-order chi connectivity index (χ0) is 60.9. The van der Waals surface area contributed by atoms with Crippen LogP contribution in [0, 0.1) is 17.8 Å². The Balaban J connectivity index is 0.000000261. The summed E-state index contributed by atoms with van der Waals surface area (Å²) >= 11 is 0. The number of carbonyl (C=O) groups excluding carboxylic acids is 7. The molecular formula is C47H67F6N3O22S2. The first kappa shape index (κ1) is 67.3. The molecular weight excluding hydrogens is 1140 g/mol. The van der Waals surface area contributed by atoms with Crippen LogP contribution in [0.25, 0.3) is 0 Å². The lowest BCUT2D eigenvalue weighted by Crippen LogP contribution is -2.48. The highest BCUT2D eigenvalue weighted by molar-refractivity contribution is 7.88. The van der Waals surface area contributed by atoms with Crippen LogP contribution in [0.2, 0.25) is 0 Å². The number of aliphatic hydroxyl groups is 3. The van der Waals surface area contributed by atoms with E-state index in [4.69, 9.17) is 28.4 Å². The maximum atomic E-state index is 12.6. The molecule has 6 aliphatic heterocycles. The van der Waals surface area contributed by atoms with E-state index in [-0.39, 0.29) is 70.4 Å². The van der Waals surface area contributed by atoms with Gasteiger partial charge in [0, 0.05) is 63.1 Å². The average Bonchev–Trinajstić information content (AvgIpc) is 3.81. The molecule has 0 aromatic carbocycles. The molecule has 3 amide bonds. The summed E-state index contributed by atoms with van der Waals surface area (Å²) in [6.45, 7) is 11.9. The number of allylic oxidation sites excluding steroid dienone is 1. The zero-order valence-electron chi connectivity index (χ0n) is 45.1. The summed E-state index contributed by atoms with van der Waals surface area (Å²) in [4.78, 5) is 88.9. The monoisotopic (exact) mass is 1200 g/mol. The highest BCUT2D eigenvalue weighted by atomic mass is 32.2. The Morgan fingerprint density at radius 1 is 0.550 bits per heavy atom. The van der Waals surface area contributed by atoms with Crippen LogP contribution in [0.4, 0.5) is 40.7 Å². The summed E-state index contributed by atoms with van der Waals surface area (Å²) in [6.07, 6.45) is -2.78. The molecule has 0 bridgehead atoms. The standard InChI is InChI=1S/2C16H22F3NO8S.C15H23NO6/c2*1-15(2,3)27-14(23)20-7-9-6-10(28-29(24,25)16(17,18)19)4-5-26-13(9)12(20)11(22)8-21;1-15(2,3)22-14(20)16-7-9-6-10(18)4-5-21-13(9)12(16)11(19)8-17/h6,9,12-13,21H,4-5,7-8H2,1-3H3;4,9,12-13,21H,5-8H2,1-3H3;9,12-13,17H,4-8H2,1-3H3/t3*9-,12+,13+/m000/s1. The number of fused-ring (bicyclic) bond motifs is 3. The number of ketones is 4. The van der Waals surface area contributed by atoms with Crippen LogP contribution in [0.3, 0.4) is 0 Å². The predicted octanol–water partition coefficient (Wildman–Crippen LogP) is 3.18. The number of aliphatic hydroxyl groups excluding tert-OH is 3. The van der Waals surface area contributed by atoms with Gasteiger partial charge in [-0.15, -0.1) is 0 Å². The van der Waals surface area contributed by atoms with E-state index < -0.39 is 163 Å². The molecule has 0 aromatic heterocycles.